The SMILES string of the molecule is FC(F)(F)c1ccc(-n2c3ccccc3c3cc(-c4nc(-c5ccccc5)nc(-c5ccccc5)n4)ccc32)c(-c2cc(-n3c4ccccc4c4cc(-c5nc(-c6ccccc6)nc(-c6ccccc6)n5)ccc43)ccc2-c2nc(-c3ccccc3)cc(-c3ccccc3)n2)c1. The maximum absolute atomic E-state index is 15.8. The zero-order valence-corrected chi connectivity index (χ0v) is 51.1. The van der Waals surface area contributed by atoms with E-state index in [-0.39, 0.29) is 0 Å². The van der Waals surface area contributed by atoms with Gasteiger partial charge in [-0.2, -0.15) is 13.2 Å². The van der Waals surface area contributed by atoms with E-state index >= 15 is 13.2 Å². The molecule has 454 valence electrons. The Labute approximate surface area is 548 Å². The zero-order chi connectivity index (χ0) is 64.3. The van der Waals surface area contributed by atoms with Crippen LogP contribution >= 0.6 is 0 Å². The Morgan fingerprint density at radius 3 is 1.02 bits per heavy atom. The normalized spacial score (nSPS) is 11.7. The van der Waals surface area contributed by atoms with Gasteiger partial charge >= 0.3 is 6.18 Å². The highest BCUT2D eigenvalue weighted by molar-refractivity contribution is 6.12. The molecule has 0 aliphatic rings. The van der Waals surface area contributed by atoms with Crippen LogP contribution in [0.15, 0.2) is 309 Å². The molecule has 17 rings (SSSR count). The van der Waals surface area contributed by atoms with E-state index in [1.54, 1.807) is 6.07 Å². The summed E-state index contributed by atoms with van der Waals surface area (Å²) in [6.07, 6.45) is -4.74. The quantitative estimate of drug-likeness (QED) is 0.119. The predicted molar refractivity (Wildman–Crippen MR) is 377 cm³/mol. The number of benzene rings is 12. The van der Waals surface area contributed by atoms with Crippen LogP contribution in [0.4, 0.5) is 13.2 Å². The maximum Gasteiger partial charge on any atom is 0.416 e. The van der Waals surface area contributed by atoms with Crippen molar-refractivity contribution < 1.29 is 13.2 Å². The first-order valence-electron chi connectivity index (χ1n) is 31.4. The van der Waals surface area contributed by atoms with Gasteiger partial charge in [0.25, 0.3) is 0 Å². The second kappa shape index (κ2) is 23.7. The van der Waals surface area contributed by atoms with E-state index in [0.717, 1.165) is 88.1 Å². The minimum Gasteiger partial charge on any atom is -0.309 e. The second-order valence-electron chi connectivity index (χ2n) is 23.4. The van der Waals surface area contributed by atoms with Crippen molar-refractivity contribution in [1.82, 2.24) is 49.0 Å². The molecule has 0 radical (unpaired) electrons. The maximum atomic E-state index is 15.8. The molecule has 5 heterocycles. The summed E-state index contributed by atoms with van der Waals surface area (Å²) in [5.74, 6) is 3.40. The molecule has 13 heteroatoms. The smallest absolute Gasteiger partial charge is 0.309 e. The highest BCUT2D eigenvalue weighted by atomic mass is 19.4. The van der Waals surface area contributed by atoms with Crippen LogP contribution in [0.5, 0.6) is 0 Å². The van der Waals surface area contributed by atoms with Gasteiger partial charge in [-0.25, -0.2) is 39.9 Å². The van der Waals surface area contributed by atoms with E-state index in [1.165, 1.54) is 12.1 Å². The molecule has 0 unspecified atom stereocenters. The molecule has 0 N–H and O–H groups in total. The molecule has 0 atom stereocenters. The highest BCUT2D eigenvalue weighted by Crippen LogP contribution is 2.46. The summed E-state index contributed by atoms with van der Waals surface area (Å²) >= 11 is 0. The molecule has 0 saturated heterocycles. The van der Waals surface area contributed by atoms with Gasteiger partial charge in [0.05, 0.1) is 44.7 Å². The van der Waals surface area contributed by atoms with E-state index < -0.39 is 11.7 Å². The molecule has 5 aromatic heterocycles. The summed E-state index contributed by atoms with van der Waals surface area (Å²) < 4.78 is 51.6. The molecule has 0 fully saturated rings. The van der Waals surface area contributed by atoms with Gasteiger partial charge < -0.3 is 9.13 Å². The van der Waals surface area contributed by atoms with Gasteiger partial charge in [0, 0.05) is 82.9 Å². The number of hydrogen-bond donors (Lipinski definition) is 0. The van der Waals surface area contributed by atoms with Crippen LogP contribution < -0.4 is 0 Å². The lowest BCUT2D eigenvalue weighted by Gasteiger charge is -2.20. The molecule has 10 nitrogen and oxygen atoms in total. The Hall–Kier alpha value is -12.9. The van der Waals surface area contributed by atoms with Gasteiger partial charge in [-0.15, -0.1) is 0 Å². The zero-order valence-electron chi connectivity index (χ0n) is 51.1. The van der Waals surface area contributed by atoms with Gasteiger partial charge in [0.1, 0.15) is 0 Å². The molecule has 17 aromatic rings. The first-order valence-corrected chi connectivity index (χ1v) is 31.4. The third-order valence-electron chi connectivity index (χ3n) is 17.5. The van der Waals surface area contributed by atoms with Crippen molar-refractivity contribution in [3.05, 3.63) is 315 Å². The number of rotatable bonds is 12. The third-order valence-corrected chi connectivity index (χ3v) is 17.5. The van der Waals surface area contributed by atoms with E-state index in [2.05, 4.69) is 39.5 Å². The minimum absolute atomic E-state index is 0.294. The lowest BCUT2D eigenvalue weighted by molar-refractivity contribution is -0.137. The van der Waals surface area contributed by atoms with Gasteiger partial charge in [-0.05, 0) is 96.6 Å². The lowest BCUT2D eigenvalue weighted by atomic mass is 9.94. The van der Waals surface area contributed by atoms with Crippen molar-refractivity contribution in [2.75, 3.05) is 0 Å². The number of nitrogens with zero attached hydrogens (tertiary/aromatic N) is 10. The van der Waals surface area contributed by atoms with Crippen LogP contribution in [-0.4, -0.2) is 49.0 Å². The van der Waals surface area contributed by atoms with E-state index in [4.69, 9.17) is 39.9 Å². The lowest BCUT2D eigenvalue weighted by Crippen LogP contribution is -2.08. The Morgan fingerprint density at radius 1 is 0.229 bits per heavy atom. The molecular formula is C83H51F3N10. The molecule has 0 spiro atoms. The number of fused-ring (bicyclic) bond motifs is 6. The van der Waals surface area contributed by atoms with Gasteiger partial charge in [-0.3, -0.25) is 0 Å². The summed E-state index contributed by atoms with van der Waals surface area (Å²) in [5.41, 5.74) is 12.7. The molecule has 0 aliphatic carbocycles. The van der Waals surface area contributed by atoms with Crippen LogP contribution in [0.3, 0.4) is 0 Å². The van der Waals surface area contributed by atoms with Crippen molar-refractivity contribution in [3.8, 4) is 125 Å². The Bertz CT molecular complexity index is 5630. The number of aromatic nitrogens is 10. The minimum atomic E-state index is -4.74. The van der Waals surface area contributed by atoms with Crippen LogP contribution in [0, 0.1) is 0 Å². The molecule has 12 aromatic carbocycles. The van der Waals surface area contributed by atoms with Crippen LogP contribution in [0.25, 0.3) is 168 Å². The van der Waals surface area contributed by atoms with Crippen molar-refractivity contribution in [2.24, 2.45) is 0 Å². The largest absolute Gasteiger partial charge is 0.416 e. The highest BCUT2D eigenvalue weighted by Gasteiger charge is 2.33. The molecule has 0 saturated carbocycles. The molecule has 0 bridgehead atoms. The topological polar surface area (TPSA) is 113 Å². The summed E-state index contributed by atoms with van der Waals surface area (Å²) in [6, 6.07) is 99.4. The average molecular weight is 1250 g/mol. The summed E-state index contributed by atoms with van der Waals surface area (Å²) in [6.45, 7) is 0. The standard InChI is InChI=1S/C83H51F3N10/c84-83(85,86)60-41-46-75(96-72-38-22-20-36-63(72)67-48-59(40-45-74(67)96)81-93-78(56-31-15-5-16-32-56)90-79(94-81)57-33-17-6-18-34-57)68(49-60)65-50-61(42-43-64(65)82-87-69(52-23-7-1-8-24-52)51-70(88-82)53-25-9-2-10-26-53)95-71-37-21-19-35-62(71)66-47-58(39-44-73(66)95)80-91-76(54-27-11-3-12-28-54)89-77(92-80)55-29-13-4-14-30-55/h1-51H. The molecule has 96 heavy (non-hydrogen) atoms. The monoisotopic (exact) mass is 1240 g/mol. The van der Waals surface area contributed by atoms with Crippen molar-refractivity contribution in [3.63, 3.8) is 0 Å². The van der Waals surface area contributed by atoms with Gasteiger partial charge in [0.15, 0.2) is 40.8 Å². The van der Waals surface area contributed by atoms with Crippen LogP contribution in [-0.2, 0) is 6.18 Å². The van der Waals surface area contributed by atoms with Crippen molar-refractivity contribution in [2.45, 2.75) is 6.18 Å². The van der Waals surface area contributed by atoms with Gasteiger partial charge in [-0.1, -0.05) is 218 Å². The number of para-hydroxylation sites is 2. The first-order chi connectivity index (χ1) is 47.2. The molecule has 0 aliphatic heterocycles. The summed E-state index contributed by atoms with van der Waals surface area (Å²) in [5, 5.41) is 3.57. The van der Waals surface area contributed by atoms with Crippen LogP contribution in [0.2, 0.25) is 0 Å². The predicted octanol–water partition coefficient (Wildman–Crippen LogP) is 20.7. The number of halogens is 3. The van der Waals surface area contributed by atoms with Crippen molar-refractivity contribution >= 4 is 43.6 Å². The Balaban J connectivity index is 0.903. The first kappa shape index (κ1) is 57.1. The summed E-state index contributed by atoms with van der Waals surface area (Å²) in [7, 11) is 0. The average Bonchev–Trinajstić information content (AvgIpc) is 1.55. The fourth-order valence-electron chi connectivity index (χ4n) is 12.9. The van der Waals surface area contributed by atoms with Crippen molar-refractivity contribution in [1.29, 1.82) is 0 Å². The van der Waals surface area contributed by atoms with Gasteiger partial charge in [0.2, 0.25) is 0 Å². The van der Waals surface area contributed by atoms with E-state index in [9.17, 15) is 0 Å². The molecule has 0 amide bonds. The van der Waals surface area contributed by atoms with E-state index in [0.29, 0.717) is 80.2 Å². The third kappa shape index (κ3) is 10.5. The summed E-state index contributed by atoms with van der Waals surface area (Å²) in [4.78, 5) is 40.9. The number of hydrogen-bond acceptors (Lipinski definition) is 8. The Morgan fingerprint density at radius 2 is 0.594 bits per heavy atom. The fraction of sp³-hybridized carbons (Fsp3) is 0.0120. The number of alkyl halides is 3. The molecular weight excluding hydrogens is 1190 g/mol. The fourth-order valence-corrected chi connectivity index (χ4v) is 12.9. The Kier molecular flexibility index (Phi) is 14.1. The second-order valence-corrected chi connectivity index (χ2v) is 23.4. The van der Waals surface area contributed by atoms with Crippen LogP contribution in [0.1, 0.15) is 5.56 Å². The van der Waals surface area contributed by atoms with E-state index in [1.807, 2.05) is 261 Å².